The highest BCUT2D eigenvalue weighted by Gasteiger charge is 2.25. The second-order valence-electron chi connectivity index (χ2n) is 6.88. The van der Waals surface area contributed by atoms with E-state index in [0.717, 1.165) is 55.1 Å². The smallest absolute Gasteiger partial charge is 0.191 e. The summed E-state index contributed by atoms with van der Waals surface area (Å²) in [5.41, 5.74) is 1.14. The van der Waals surface area contributed by atoms with E-state index >= 15 is 0 Å². The first-order valence-electron chi connectivity index (χ1n) is 9.17. The first-order chi connectivity index (χ1) is 12.2. The summed E-state index contributed by atoms with van der Waals surface area (Å²) in [4.78, 5) is 6.72. The van der Waals surface area contributed by atoms with Gasteiger partial charge in [0.1, 0.15) is 11.5 Å². The number of methoxy groups -OCH3 is 2. The minimum absolute atomic E-state index is 0.393. The van der Waals surface area contributed by atoms with Crippen LogP contribution in [-0.4, -0.2) is 52.9 Å². The van der Waals surface area contributed by atoms with Crippen molar-refractivity contribution in [1.29, 1.82) is 0 Å². The lowest BCUT2D eigenvalue weighted by molar-refractivity contribution is 0.394. The summed E-state index contributed by atoms with van der Waals surface area (Å²) in [6.07, 6.45) is 5.13. The van der Waals surface area contributed by atoms with Crippen molar-refractivity contribution >= 4 is 11.6 Å². The molecule has 2 N–H and O–H groups in total. The highest BCUT2D eigenvalue weighted by atomic mass is 16.5. The summed E-state index contributed by atoms with van der Waals surface area (Å²) in [5, 5.41) is 6.99. The van der Waals surface area contributed by atoms with Gasteiger partial charge < -0.3 is 25.0 Å². The molecule has 138 valence electrons. The van der Waals surface area contributed by atoms with E-state index in [1.807, 2.05) is 13.1 Å². The molecule has 0 aromatic heterocycles. The van der Waals surface area contributed by atoms with E-state index in [9.17, 15) is 0 Å². The third kappa shape index (κ3) is 4.94. The second kappa shape index (κ2) is 8.32. The van der Waals surface area contributed by atoms with Crippen LogP contribution in [-0.2, 0) is 0 Å². The van der Waals surface area contributed by atoms with Crippen LogP contribution in [0.3, 0.4) is 0 Å². The number of anilines is 1. The molecule has 1 saturated carbocycles. The third-order valence-corrected chi connectivity index (χ3v) is 5.00. The second-order valence-corrected chi connectivity index (χ2v) is 6.88. The Kier molecular flexibility index (Phi) is 5.89. The van der Waals surface area contributed by atoms with Crippen molar-refractivity contribution in [1.82, 2.24) is 10.6 Å². The molecule has 1 atom stereocenters. The predicted octanol–water partition coefficient (Wildman–Crippen LogP) is 2.25. The zero-order valence-corrected chi connectivity index (χ0v) is 15.5. The van der Waals surface area contributed by atoms with Crippen LogP contribution < -0.4 is 25.0 Å². The van der Waals surface area contributed by atoms with Crippen LogP contribution in [0, 0.1) is 5.92 Å². The monoisotopic (exact) mass is 346 g/mol. The van der Waals surface area contributed by atoms with E-state index in [1.165, 1.54) is 19.3 Å². The maximum Gasteiger partial charge on any atom is 0.191 e. The fourth-order valence-electron chi connectivity index (χ4n) is 3.28. The van der Waals surface area contributed by atoms with Crippen LogP contribution in [0.2, 0.25) is 0 Å². The molecule has 0 spiro atoms. The van der Waals surface area contributed by atoms with Gasteiger partial charge in [0.05, 0.1) is 14.2 Å². The number of rotatable bonds is 7. The summed E-state index contributed by atoms with van der Waals surface area (Å²) in [6.45, 7) is 2.96. The number of nitrogens with one attached hydrogen (secondary N) is 2. The standard InChI is InChI=1S/C19H30N4O2/c1-20-19(21-8-6-14-4-5-14)22-15-7-9-23(13-15)16-10-17(24-2)12-18(11-16)25-3/h10-12,14-15H,4-9,13H2,1-3H3,(H2,20,21,22). The van der Waals surface area contributed by atoms with Crippen molar-refractivity contribution in [2.45, 2.75) is 31.7 Å². The zero-order valence-electron chi connectivity index (χ0n) is 15.5. The molecule has 6 heteroatoms. The van der Waals surface area contributed by atoms with Gasteiger partial charge in [0, 0.05) is 56.6 Å². The zero-order chi connectivity index (χ0) is 17.6. The van der Waals surface area contributed by atoms with Gasteiger partial charge in [-0.15, -0.1) is 0 Å². The predicted molar refractivity (Wildman–Crippen MR) is 102 cm³/mol. The molecule has 1 saturated heterocycles. The molecule has 1 aromatic carbocycles. The molecular formula is C19H30N4O2. The molecule has 3 rings (SSSR count). The van der Waals surface area contributed by atoms with Crippen molar-refractivity contribution in [2.75, 3.05) is 45.8 Å². The molecule has 1 unspecified atom stereocenters. The van der Waals surface area contributed by atoms with Gasteiger partial charge in [0.25, 0.3) is 0 Å². The Bertz CT molecular complexity index is 579. The molecule has 0 bridgehead atoms. The highest BCUT2D eigenvalue weighted by molar-refractivity contribution is 5.80. The van der Waals surface area contributed by atoms with Gasteiger partial charge >= 0.3 is 0 Å². The minimum Gasteiger partial charge on any atom is -0.497 e. The topological polar surface area (TPSA) is 58.1 Å². The Balaban J connectivity index is 1.53. The van der Waals surface area contributed by atoms with Crippen molar-refractivity contribution < 1.29 is 9.47 Å². The number of aliphatic imine (C=N–C) groups is 1. The summed E-state index contributed by atoms with van der Waals surface area (Å²) < 4.78 is 10.8. The van der Waals surface area contributed by atoms with E-state index in [4.69, 9.17) is 9.47 Å². The molecule has 0 amide bonds. The van der Waals surface area contributed by atoms with Crippen molar-refractivity contribution in [3.8, 4) is 11.5 Å². The van der Waals surface area contributed by atoms with Crippen LogP contribution in [0.25, 0.3) is 0 Å². The van der Waals surface area contributed by atoms with Crippen LogP contribution in [0.5, 0.6) is 11.5 Å². The van der Waals surface area contributed by atoms with Crippen LogP contribution >= 0.6 is 0 Å². The fourth-order valence-corrected chi connectivity index (χ4v) is 3.28. The Labute approximate surface area is 150 Å². The van der Waals surface area contributed by atoms with Crippen LogP contribution in [0.4, 0.5) is 5.69 Å². The lowest BCUT2D eigenvalue weighted by Crippen LogP contribution is -2.44. The molecule has 1 aromatic rings. The highest BCUT2D eigenvalue weighted by Crippen LogP contribution is 2.32. The van der Waals surface area contributed by atoms with Gasteiger partial charge in [-0.25, -0.2) is 0 Å². The van der Waals surface area contributed by atoms with E-state index in [2.05, 4.69) is 32.7 Å². The molecule has 6 nitrogen and oxygen atoms in total. The quantitative estimate of drug-likeness (QED) is 0.586. The Morgan fingerprint density at radius 1 is 1.16 bits per heavy atom. The molecule has 1 aliphatic carbocycles. The van der Waals surface area contributed by atoms with Crippen molar-refractivity contribution in [2.24, 2.45) is 10.9 Å². The summed E-state index contributed by atoms with van der Waals surface area (Å²) in [7, 11) is 5.21. The van der Waals surface area contributed by atoms with Crippen molar-refractivity contribution in [3.63, 3.8) is 0 Å². The number of hydrogen-bond acceptors (Lipinski definition) is 4. The van der Waals surface area contributed by atoms with Gasteiger partial charge in [0.2, 0.25) is 0 Å². The van der Waals surface area contributed by atoms with Crippen LogP contribution in [0.1, 0.15) is 25.7 Å². The number of guanidine groups is 1. The summed E-state index contributed by atoms with van der Waals surface area (Å²) in [5.74, 6) is 3.50. The largest absolute Gasteiger partial charge is 0.497 e. The van der Waals surface area contributed by atoms with Gasteiger partial charge in [-0.2, -0.15) is 0 Å². The molecule has 2 aliphatic rings. The average molecular weight is 346 g/mol. The Hall–Kier alpha value is -2.11. The molecule has 25 heavy (non-hydrogen) atoms. The number of benzene rings is 1. The van der Waals surface area contributed by atoms with Crippen molar-refractivity contribution in [3.05, 3.63) is 18.2 Å². The number of ether oxygens (including phenoxy) is 2. The summed E-state index contributed by atoms with van der Waals surface area (Å²) in [6, 6.07) is 6.42. The van der Waals surface area contributed by atoms with Gasteiger partial charge in [-0.3, -0.25) is 4.99 Å². The van der Waals surface area contributed by atoms with Gasteiger partial charge in [-0.05, 0) is 18.8 Å². The maximum absolute atomic E-state index is 5.38. The maximum atomic E-state index is 5.38. The van der Waals surface area contributed by atoms with Crippen LogP contribution in [0.15, 0.2) is 23.2 Å². The first kappa shape index (κ1) is 17.7. The fraction of sp³-hybridized carbons (Fsp3) is 0.632. The van der Waals surface area contributed by atoms with E-state index in [0.29, 0.717) is 6.04 Å². The summed E-state index contributed by atoms with van der Waals surface area (Å²) >= 11 is 0. The molecule has 0 radical (unpaired) electrons. The van der Waals surface area contributed by atoms with E-state index in [1.54, 1.807) is 14.2 Å². The van der Waals surface area contributed by atoms with Gasteiger partial charge in [-0.1, -0.05) is 12.8 Å². The number of hydrogen-bond donors (Lipinski definition) is 2. The lowest BCUT2D eigenvalue weighted by atomic mass is 10.2. The average Bonchev–Trinajstić information content (AvgIpc) is 3.36. The van der Waals surface area contributed by atoms with E-state index in [-0.39, 0.29) is 0 Å². The normalized spacial score (nSPS) is 20.5. The first-order valence-corrected chi connectivity index (χ1v) is 9.17. The van der Waals surface area contributed by atoms with Gasteiger partial charge in [0.15, 0.2) is 5.96 Å². The lowest BCUT2D eigenvalue weighted by Gasteiger charge is -2.21. The Morgan fingerprint density at radius 2 is 1.88 bits per heavy atom. The minimum atomic E-state index is 0.393. The van der Waals surface area contributed by atoms with E-state index < -0.39 is 0 Å². The SMILES string of the molecule is CN=C(NCCC1CC1)NC1CCN(c2cc(OC)cc(OC)c2)C1. The molecule has 1 aliphatic heterocycles. The molecule has 2 fully saturated rings. The third-order valence-electron chi connectivity index (χ3n) is 5.00. The molecular weight excluding hydrogens is 316 g/mol. The molecule has 1 heterocycles. The number of nitrogens with zero attached hydrogens (tertiary/aromatic N) is 2. The Morgan fingerprint density at radius 3 is 2.48 bits per heavy atom.